The Bertz CT molecular complexity index is 949. The lowest BCUT2D eigenvalue weighted by molar-refractivity contribution is 0.400. The molecule has 122 valence electrons. The average Bonchev–Trinajstić information content (AvgIpc) is 3.01. The van der Waals surface area contributed by atoms with Crippen molar-refractivity contribution >= 4 is 21.7 Å². The van der Waals surface area contributed by atoms with E-state index >= 15 is 0 Å². The van der Waals surface area contributed by atoms with E-state index in [0.717, 1.165) is 0 Å². The highest BCUT2D eigenvalue weighted by atomic mass is 32.2. The van der Waals surface area contributed by atoms with Crippen LogP contribution < -0.4 is 5.32 Å². The Morgan fingerprint density at radius 3 is 2.25 bits per heavy atom. The summed E-state index contributed by atoms with van der Waals surface area (Å²) >= 11 is 0. The standard InChI is InChI=1S/C17H15N3O3S/c1-13-12-16(19-23-13)18-17(14-8-4-2-5-9-14)20-24(21,22)15-10-6-3-7-11-15/h2-12H,1H3,(H,18,19,20). The Hall–Kier alpha value is -2.93. The number of hydrogen-bond acceptors (Lipinski definition) is 4. The van der Waals surface area contributed by atoms with Crippen LogP contribution >= 0.6 is 0 Å². The van der Waals surface area contributed by atoms with Gasteiger partial charge in [0.2, 0.25) is 0 Å². The van der Waals surface area contributed by atoms with E-state index in [-0.39, 0.29) is 10.7 Å². The molecule has 0 aliphatic rings. The number of anilines is 1. The first-order chi connectivity index (χ1) is 11.5. The number of sulfonamides is 1. The van der Waals surface area contributed by atoms with Gasteiger partial charge in [-0.3, -0.25) is 0 Å². The molecule has 7 heteroatoms. The smallest absolute Gasteiger partial charge is 0.284 e. The van der Waals surface area contributed by atoms with E-state index in [1.807, 2.05) is 6.07 Å². The maximum absolute atomic E-state index is 12.5. The first kappa shape index (κ1) is 15.9. The minimum absolute atomic E-state index is 0.122. The summed E-state index contributed by atoms with van der Waals surface area (Å²) in [6.07, 6.45) is 0. The molecule has 0 atom stereocenters. The van der Waals surface area contributed by atoms with Crippen LogP contribution in [0, 0.1) is 6.92 Å². The van der Waals surface area contributed by atoms with Gasteiger partial charge >= 0.3 is 0 Å². The van der Waals surface area contributed by atoms with Gasteiger partial charge in [0.1, 0.15) is 5.76 Å². The van der Waals surface area contributed by atoms with Crippen LogP contribution in [0.1, 0.15) is 11.3 Å². The van der Waals surface area contributed by atoms with Crippen molar-refractivity contribution in [3.8, 4) is 0 Å². The molecule has 3 aromatic rings. The fourth-order valence-corrected chi connectivity index (χ4v) is 3.05. The molecule has 2 aromatic carbocycles. The molecule has 0 fully saturated rings. The van der Waals surface area contributed by atoms with Crippen LogP contribution in [0.2, 0.25) is 0 Å². The van der Waals surface area contributed by atoms with E-state index in [1.165, 1.54) is 12.1 Å². The Labute approximate surface area is 139 Å². The van der Waals surface area contributed by atoms with E-state index in [0.29, 0.717) is 17.1 Å². The van der Waals surface area contributed by atoms with Crippen molar-refractivity contribution in [2.24, 2.45) is 4.40 Å². The highest BCUT2D eigenvalue weighted by molar-refractivity contribution is 7.90. The van der Waals surface area contributed by atoms with Crippen molar-refractivity contribution in [3.63, 3.8) is 0 Å². The van der Waals surface area contributed by atoms with E-state index < -0.39 is 10.0 Å². The SMILES string of the molecule is Cc1cc(N/C(=N/S(=O)(=O)c2ccccc2)c2ccccc2)no1. The molecular formula is C17H15N3O3S. The molecule has 0 aliphatic carbocycles. The lowest BCUT2D eigenvalue weighted by Gasteiger charge is -2.08. The number of amidine groups is 1. The summed E-state index contributed by atoms with van der Waals surface area (Å²) in [5.41, 5.74) is 0.623. The molecule has 0 unspecified atom stereocenters. The van der Waals surface area contributed by atoms with Crippen LogP contribution in [0.5, 0.6) is 0 Å². The highest BCUT2D eigenvalue weighted by Crippen LogP contribution is 2.15. The minimum atomic E-state index is -3.85. The zero-order valence-electron chi connectivity index (χ0n) is 12.9. The molecule has 0 bridgehead atoms. The molecule has 3 rings (SSSR count). The summed E-state index contributed by atoms with van der Waals surface area (Å²) < 4.78 is 34.0. The van der Waals surface area contributed by atoms with Crippen LogP contribution in [-0.4, -0.2) is 19.4 Å². The Balaban J connectivity index is 2.04. The van der Waals surface area contributed by atoms with Gasteiger partial charge in [-0.05, 0) is 19.1 Å². The number of aryl methyl sites for hydroxylation is 1. The number of hydrogen-bond donors (Lipinski definition) is 1. The van der Waals surface area contributed by atoms with E-state index in [4.69, 9.17) is 4.52 Å². The van der Waals surface area contributed by atoms with Crippen molar-refractivity contribution in [2.75, 3.05) is 5.32 Å². The lowest BCUT2D eigenvalue weighted by atomic mass is 10.2. The number of rotatable bonds is 4. The van der Waals surface area contributed by atoms with Crippen molar-refractivity contribution in [1.29, 1.82) is 0 Å². The maximum atomic E-state index is 12.5. The second-order valence-corrected chi connectivity index (χ2v) is 6.65. The van der Waals surface area contributed by atoms with Gasteiger partial charge in [0.05, 0.1) is 4.90 Å². The quantitative estimate of drug-likeness (QED) is 0.582. The van der Waals surface area contributed by atoms with Crippen LogP contribution in [0.25, 0.3) is 0 Å². The number of nitrogens with zero attached hydrogens (tertiary/aromatic N) is 2. The zero-order valence-corrected chi connectivity index (χ0v) is 13.7. The molecule has 0 spiro atoms. The third-order valence-electron chi connectivity index (χ3n) is 3.17. The van der Waals surface area contributed by atoms with Gasteiger partial charge in [0.25, 0.3) is 10.0 Å². The Kier molecular flexibility index (Phi) is 4.43. The zero-order chi connectivity index (χ0) is 17.0. The monoisotopic (exact) mass is 341 g/mol. The largest absolute Gasteiger partial charge is 0.360 e. The molecule has 6 nitrogen and oxygen atoms in total. The summed E-state index contributed by atoms with van der Waals surface area (Å²) in [6, 6.07) is 18.7. The van der Waals surface area contributed by atoms with Gasteiger partial charge in [0, 0.05) is 11.6 Å². The molecule has 1 aromatic heterocycles. The third-order valence-corrected chi connectivity index (χ3v) is 4.47. The van der Waals surface area contributed by atoms with Gasteiger partial charge in [-0.15, -0.1) is 4.40 Å². The average molecular weight is 341 g/mol. The van der Waals surface area contributed by atoms with Crippen molar-refractivity contribution in [1.82, 2.24) is 5.16 Å². The van der Waals surface area contributed by atoms with Gasteiger partial charge in [-0.1, -0.05) is 53.7 Å². The van der Waals surface area contributed by atoms with Crippen molar-refractivity contribution in [2.45, 2.75) is 11.8 Å². The predicted octanol–water partition coefficient (Wildman–Crippen LogP) is 3.23. The number of aromatic nitrogens is 1. The number of nitrogens with one attached hydrogen (secondary N) is 1. The van der Waals surface area contributed by atoms with Crippen molar-refractivity contribution < 1.29 is 12.9 Å². The fourth-order valence-electron chi connectivity index (χ4n) is 2.06. The predicted molar refractivity (Wildman–Crippen MR) is 91.5 cm³/mol. The molecular weight excluding hydrogens is 326 g/mol. The van der Waals surface area contributed by atoms with Gasteiger partial charge in [-0.25, -0.2) is 0 Å². The van der Waals surface area contributed by atoms with Gasteiger partial charge < -0.3 is 9.84 Å². The van der Waals surface area contributed by atoms with Gasteiger partial charge in [0.15, 0.2) is 11.7 Å². The molecule has 0 radical (unpaired) electrons. The first-order valence-corrected chi connectivity index (χ1v) is 8.64. The maximum Gasteiger partial charge on any atom is 0.284 e. The second-order valence-electron chi connectivity index (χ2n) is 5.04. The number of benzene rings is 2. The van der Waals surface area contributed by atoms with Crippen LogP contribution in [-0.2, 0) is 10.0 Å². The van der Waals surface area contributed by atoms with E-state index in [2.05, 4.69) is 14.9 Å². The van der Waals surface area contributed by atoms with Crippen LogP contribution in [0.4, 0.5) is 5.82 Å². The highest BCUT2D eigenvalue weighted by Gasteiger charge is 2.16. The molecule has 0 amide bonds. The molecule has 0 saturated heterocycles. The summed E-state index contributed by atoms with van der Waals surface area (Å²) in [6.45, 7) is 1.75. The van der Waals surface area contributed by atoms with E-state index in [9.17, 15) is 8.42 Å². The Morgan fingerprint density at radius 2 is 1.67 bits per heavy atom. The van der Waals surface area contributed by atoms with Gasteiger partial charge in [-0.2, -0.15) is 8.42 Å². The first-order valence-electron chi connectivity index (χ1n) is 7.20. The third kappa shape index (κ3) is 3.69. The van der Waals surface area contributed by atoms with Crippen LogP contribution in [0.15, 0.2) is 80.5 Å². The molecule has 1 N–H and O–H groups in total. The summed E-state index contributed by atoms with van der Waals surface area (Å²) in [5, 5.41) is 6.73. The topological polar surface area (TPSA) is 84.6 Å². The molecule has 0 aliphatic heterocycles. The molecule has 0 saturated carbocycles. The normalized spacial score (nSPS) is 12.1. The lowest BCUT2D eigenvalue weighted by Crippen LogP contribution is -2.16. The minimum Gasteiger partial charge on any atom is -0.360 e. The van der Waals surface area contributed by atoms with Crippen LogP contribution in [0.3, 0.4) is 0 Å². The molecule has 1 heterocycles. The molecule has 24 heavy (non-hydrogen) atoms. The Morgan fingerprint density at radius 1 is 1.04 bits per heavy atom. The second kappa shape index (κ2) is 6.67. The summed E-state index contributed by atoms with van der Waals surface area (Å²) in [5.74, 6) is 1.17. The van der Waals surface area contributed by atoms with E-state index in [1.54, 1.807) is 55.5 Å². The summed E-state index contributed by atoms with van der Waals surface area (Å²) in [4.78, 5) is 0.122. The fraction of sp³-hybridized carbons (Fsp3) is 0.0588. The van der Waals surface area contributed by atoms with Crippen molar-refractivity contribution in [3.05, 3.63) is 78.1 Å². The summed E-state index contributed by atoms with van der Waals surface area (Å²) in [7, 11) is -3.85.